The zero-order valence-electron chi connectivity index (χ0n) is 16.9. The van der Waals surface area contributed by atoms with Crippen LogP contribution in [0.5, 0.6) is 5.75 Å². The molecule has 1 heterocycles. The van der Waals surface area contributed by atoms with Crippen molar-refractivity contribution in [2.75, 3.05) is 33.0 Å². The molecule has 31 heavy (non-hydrogen) atoms. The Morgan fingerprint density at radius 2 is 1.58 bits per heavy atom. The molecule has 0 aliphatic carbocycles. The molecule has 3 rings (SSSR count). The number of aliphatic hydroxyl groups is 2. The molecule has 0 radical (unpaired) electrons. The normalized spacial score (nSPS) is 15.2. The fraction of sp³-hybridized carbons (Fsp3) is 0.364. The quantitative estimate of drug-likeness (QED) is 0.398. The minimum atomic E-state index is -1.41. The van der Waals surface area contributed by atoms with Gasteiger partial charge in [-0.15, -0.1) is 0 Å². The molecule has 0 bridgehead atoms. The van der Waals surface area contributed by atoms with Gasteiger partial charge < -0.3 is 28.7 Å². The van der Waals surface area contributed by atoms with Gasteiger partial charge in [-0.05, 0) is 24.1 Å². The molecule has 2 unspecified atom stereocenters. The molecular formula is C22H25O8P. The lowest BCUT2D eigenvalue weighted by Gasteiger charge is -2.27. The monoisotopic (exact) mass is 448 g/mol. The van der Waals surface area contributed by atoms with Crippen molar-refractivity contribution in [1.82, 2.24) is 0 Å². The van der Waals surface area contributed by atoms with Crippen LogP contribution in [-0.2, 0) is 23.6 Å². The van der Waals surface area contributed by atoms with Gasteiger partial charge in [-0.3, -0.25) is 9.59 Å². The van der Waals surface area contributed by atoms with Gasteiger partial charge in [0, 0.05) is 5.56 Å². The molecular weight excluding hydrogens is 423 g/mol. The van der Waals surface area contributed by atoms with Crippen molar-refractivity contribution in [2.45, 2.75) is 12.8 Å². The van der Waals surface area contributed by atoms with Gasteiger partial charge in [-0.1, -0.05) is 36.4 Å². The van der Waals surface area contributed by atoms with Crippen LogP contribution in [0.25, 0.3) is 11.1 Å². The van der Waals surface area contributed by atoms with E-state index in [0.29, 0.717) is 0 Å². The molecule has 0 spiro atoms. The van der Waals surface area contributed by atoms with Gasteiger partial charge in [0.2, 0.25) is 0 Å². The first-order chi connectivity index (χ1) is 15.1. The molecule has 0 fully saturated rings. The molecule has 0 saturated carbocycles. The summed E-state index contributed by atoms with van der Waals surface area (Å²) in [6.45, 7) is -0.727. The van der Waals surface area contributed by atoms with Gasteiger partial charge in [0.15, 0.2) is 0 Å². The van der Waals surface area contributed by atoms with Crippen LogP contribution in [0, 0.1) is 5.92 Å². The molecule has 1 aliphatic heterocycles. The lowest BCUT2D eigenvalue weighted by Crippen LogP contribution is -2.25. The first-order valence-corrected chi connectivity index (χ1v) is 11.1. The number of rotatable bonds is 11. The Hall–Kier alpha value is -2.51. The zero-order valence-corrected chi connectivity index (χ0v) is 17.8. The number of esters is 2. The predicted octanol–water partition coefficient (Wildman–Crippen LogP) is 2.17. The van der Waals surface area contributed by atoms with Crippen molar-refractivity contribution in [3.05, 3.63) is 48.5 Å². The van der Waals surface area contributed by atoms with E-state index in [9.17, 15) is 9.59 Å². The molecule has 8 nitrogen and oxygen atoms in total. The number of ether oxygens (including phenoxy) is 2. The summed E-state index contributed by atoms with van der Waals surface area (Å²) in [5, 5.41) is 18.6. The summed E-state index contributed by atoms with van der Waals surface area (Å²) >= 11 is 0. The Morgan fingerprint density at radius 3 is 2.35 bits per heavy atom. The van der Waals surface area contributed by atoms with Gasteiger partial charge in [0.05, 0.1) is 37.5 Å². The van der Waals surface area contributed by atoms with E-state index < -0.39 is 26.2 Å². The number of hydrogen-bond acceptors (Lipinski definition) is 8. The van der Waals surface area contributed by atoms with E-state index >= 15 is 0 Å². The second-order valence-corrected chi connectivity index (χ2v) is 8.16. The average Bonchev–Trinajstić information content (AvgIpc) is 2.80. The van der Waals surface area contributed by atoms with Crippen LogP contribution >= 0.6 is 8.38 Å². The summed E-state index contributed by atoms with van der Waals surface area (Å²) in [6, 6.07) is 15.6. The fourth-order valence-electron chi connectivity index (χ4n) is 3.13. The second-order valence-electron chi connectivity index (χ2n) is 6.72. The van der Waals surface area contributed by atoms with Crippen LogP contribution in [0.15, 0.2) is 48.5 Å². The number of carbonyl (C=O) groups excluding carboxylic acids is 2. The van der Waals surface area contributed by atoms with Crippen molar-refractivity contribution in [2.24, 2.45) is 5.92 Å². The molecule has 2 N–H and O–H groups in total. The van der Waals surface area contributed by atoms with E-state index in [-0.39, 0.29) is 45.9 Å². The number of aliphatic hydroxyl groups excluding tert-OH is 2. The van der Waals surface area contributed by atoms with Gasteiger partial charge in [-0.2, -0.15) is 0 Å². The minimum absolute atomic E-state index is 0.136. The summed E-state index contributed by atoms with van der Waals surface area (Å²) < 4.78 is 21.9. The fourth-order valence-corrected chi connectivity index (χ4v) is 4.63. The average molecular weight is 448 g/mol. The van der Waals surface area contributed by atoms with E-state index in [1.54, 1.807) is 0 Å². The van der Waals surface area contributed by atoms with E-state index in [0.717, 1.165) is 22.2 Å². The van der Waals surface area contributed by atoms with Crippen LogP contribution in [0.1, 0.15) is 12.8 Å². The number of fused-ring (bicyclic) bond motifs is 3. The lowest BCUT2D eigenvalue weighted by molar-refractivity contribution is -0.156. The number of benzene rings is 2. The van der Waals surface area contributed by atoms with Gasteiger partial charge >= 0.3 is 11.9 Å². The Morgan fingerprint density at radius 1 is 0.903 bits per heavy atom. The Bertz CT molecular complexity index is 887. The number of para-hydroxylation sites is 1. The standard InChI is InChI=1S/C22H25O8P/c23-10-13-27-21(25)15-16(22(26)28-14-11-24)9-12-29-31-20-8-4-2-6-18(20)17-5-1-3-7-19(17)30-31/h1-8,16,23-24H,9-15H2. The maximum Gasteiger partial charge on any atom is 0.309 e. The summed E-state index contributed by atoms with van der Waals surface area (Å²) in [6.07, 6.45) is 0.0102. The molecule has 2 aromatic carbocycles. The predicted molar refractivity (Wildman–Crippen MR) is 114 cm³/mol. The third-order valence-corrected chi connectivity index (χ3v) is 6.13. The Balaban J connectivity index is 1.64. The third-order valence-electron chi connectivity index (χ3n) is 4.57. The van der Waals surface area contributed by atoms with Crippen LogP contribution in [-0.4, -0.2) is 55.2 Å². The number of carbonyl (C=O) groups is 2. The zero-order chi connectivity index (χ0) is 22.1. The molecule has 0 saturated heterocycles. The van der Waals surface area contributed by atoms with Crippen molar-refractivity contribution >= 4 is 25.6 Å². The van der Waals surface area contributed by atoms with E-state index in [1.165, 1.54) is 0 Å². The van der Waals surface area contributed by atoms with Crippen molar-refractivity contribution in [1.29, 1.82) is 0 Å². The first kappa shape index (κ1) is 23.2. The van der Waals surface area contributed by atoms with Crippen molar-refractivity contribution in [3.8, 4) is 16.9 Å². The van der Waals surface area contributed by atoms with Gasteiger partial charge in [-0.25, -0.2) is 0 Å². The van der Waals surface area contributed by atoms with Gasteiger partial charge in [0.25, 0.3) is 8.38 Å². The van der Waals surface area contributed by atoms with Crippen LogP contribution < -0.4 is 9.83 Å². The summed E-state index contributed by atoms with van der Waals surface area (Å²) in [7, 11) is -1.41. The van der Waals surface area contributed by atoms with E-state index in [2.05, 4.69) is 0 Å². The SMILES string of the molecule is O=C(CC(CCOP1Oc2ccccc2-c2ccccc21)C(=O)OCCO)OCCO. The summed E-state index contributed by atoms with van der Waals surface area (Å²) in [5.41, 5.74) is 2.04. The molecule has 0 amide bonds. The second kappa shape index (κ2) is 11.8. The van der Waals surface area contributed by atoms with E-state index in [1.807, 2.05) is 48.5 Å². The lowest BCUT2D eigenvalue weighted by atomic mass is 10.0. The molecule has 2 atom stereocenters. The number of hydrogen-bond donors (Lipinski definition) is 2. The molecule has 0 aromatic heterocycles. The van der Waals surface area contributed by atoms with Crippen LogP contribution in [0.2, 0.25) is 0 Å². The molecule has 166 valence electrons. The Labute approximate surface area is 181 Å². The molecule has 9 heteroatoms. The smallest absolute Gasteiger partial charge is 0.309 e. The van der Waals surface area contributed by atoms with Crippen molar-refractivity contribution < 1.29 is 38.3 Å². The highest BCUT2D eigenvalue weighted by molar-refractivity contribution is 7.56. The third kappa shape index (κ3) is 6.24. The van der Waals surface area contributed by atoms with Crippen LogP contribution in [0.4, 0.5) is 0 Å². The van der Waals surface area contributed by atoms with E-state index in [4.69, 9.17) is 28.7 Å². The Kier molecular flexibility index (Phi) is 8.79. The molecule has 2 aromatic rings. The first-order valence-electron chi connectivity index (χ1n) is 9.97. The van der Waals surface area contributed by atoms with Gasteiger partial charge in [0.1, 0.15) is 19.0 Å². The highest BCUT2D eigenvalue weighted by Crippen LogP contribution is 2.49. The largest absolute Gasteiger partial charge is 0.463 e. The van der Waals surface area contributed by atoms with Crippen LogP contribution in [0.3, 0.4) is 0 Å². The molecule has 1 aliphatic rings. The maximum atomic E-state index is 12.3. The summed E-state index contributed by atoms with van der Waals surface area (Å²) in [4.78, 5) is 24.2. The highest BCUT2D eigenvalue weighted by atomic mass is 31.2. The highest BCUT2D eigenvalue weighted by Gasteiger charge is 2.29. The maximum absolute atomic E-state index is 12.3. The minimum Gasteiger partial charge on any atom is -0.463 e. The summed E-state index contributed by atoms with van der Waals surface area (Å²) in [5.74, 6) is -1.28. The van der Waals surface area contributed by atoms with Crippen molar-refractivity contribution in [3.63, 3.8) is 0 Å². The topological polar surface area (TPSA) is 112 Å².